The first-order valence-electron chi connectivity index (χ1n) is 5.02. The molecule has 0 saturated heterocycles. The highest BCUT2D eigenvalue weighted by atomic mass is 32.1. The molecule has 0 aromatic carbocycles. The molecular formula is C11H14N4S. The molecule has 0 atom stereocenters. The van der Waals surface area contributed by atoms with E-state index < -0.39 is 0 Å². The first-order valence-corrected chi connectivity index (χ1v) is 5.96. The first kappa shape index (κ1) is 11.0. The summed E-state index contributed by atoms with van der Waals surface area (Å²) in [5, 5.41) is 2.06. The third kappa shape index (κ3) is 2.37. The first-order chi connectivity index (χ1) is 7.81. The van der Waals surface area contributed by atoms with E-state index in [2.05, 4.69) is 20.2 Å². The fraction of sp³-hybridized carbons (Fsp3) is 0.273. The predicted octanol–water partition coefficient (Wildman–Crippen LogP) is 1.63. The van der Waals surface area contributed by atoms with Gasteiger partial charge in [0.2, 0.25) is 0 Å². The van der Waals surface area contributed by atoms with Crippen LogP contribution < -0.4 is 10.6 Å². The Morgan fingerprint density at radius 2 is 2.38 bits per heavy atom. The molecule has 84 valence electrons. The smallest absolute Gasteiger partial charge is 0.0795 e. The average Bonchev–Trinajstić information content (AvgIpc) is 2.81. The molecule has 2 rings (SSSR count). The van der Waals surface area contributed by atoms with E-state index in [0.717, 1.165) is 23.5 Å². The molecule has 0 radical (unpaired) electrons. The Hall–Kier alpha value is -1.46. The van der Waals surface area contributed by atoms with Crippen LogP contribution in [0.1, 0.15) is 11.3 Å². The average molecular weight is 234 g/mol. The van der Waals surface area contributed by atoms with Crippen molar-refractivity contribution < 1.29 is 0 Å². The Balaban J connectivity index is 2.17. The van der Waals surface area contributed by atoms with E-state index in [-0.39, 0.29) is 0 Å². The molecule has 2 heterocycles. The lowest BCUT2D eigenvalue weighted by atomic mass is 10.2. The van der Waals surface area contributed by atoms with E-state index in [0.29, 0.717) is 6.54 Å². The Morgan fingerprint density at radius 3 is 3.06 bits per heavy atom. The van der Waals surface area contributed by atoms with Crippen LogP contribution in [0.25, 0.3) is 0 Å². The molecule has 0 aliphatic carbocycles. The number of nitrogens with two attached hydrogens (primary N) is 1. The Bertz CT molecular complexity index is 441. The molecule has 0 aliphatic rings. The van der Waals surface area contributed by atoms with Crippen molar-refractivity contribution in [2.24, 2.45) is 5.73 Å². The van der Waals surface area contributed by atoms with Crippen molar-refractivity contribution in [3.8, 4) is 0 Å². The number of hydrogen-bond acceptors (Lipinski definition) is 5. The summed E-state index contributed by atoms with van der Waals surface area (Å²) in [5.74, 6) is 0. The molecular weight excluding hydrogens is 220 g/mol. The summed E-state index contributed by atoms with van der Waals surface area (Å²) in [4.78, 5) is 10.5. The van der Waals surface area contributed by atoms with Crippen LogP contribution in [0.15, 0.2) is 29.4 Å². The topological polar surface area (TPSA) is 55.0 Å². The van der Waals surface area contributed by atoms with E-state index in [4.69, 9.17) is 5.73 Å². The van der Waals surface area contributed by atoms with Crippen LogP contribution in [0, 0.1) is 0 Å². The molecule has 0 spiro atoms. The molecule has 0 amide bonds. The zero-order chi connectivity index (χ0) is 11.4. The van der Waals surface area contributed by atoms with Gasteiger partial charge in [0, 0.05) is 42.6 Å². The number of hydrogen-bond donors (Lipinski definition) is 1. The zero-order valence-electron chi connectivity index (χ0n) is 9.13. The fourth-order valence-electron chi connectivity index (χ4n) is 1.59. The molecule has 0 saturated carbocycles. The van der Waals surface area contributed by atoms with Crippen molar-refractivity contribution in [2.45, 2.75) is 13.1 Å². The molecule has 0 fully saturated rings. The minimum Gasteiger partial charge on any atom is -0.368 e. The van der Waals surface area contributed by atoms with Crippen LogP contribution in [-0.4, -0.2) is 17.0 Å². The lowest BCUT2D eigenvalue weighted by Gasteiger charge is -2.20. The van der Waals surface area contributed by atoms with Gasteiger partial charge in [0.25, 0.3) is 0 Å². The van der Waals surface area contributed by atoms with E-state index in [1.54, 1.807) is 17.5 Å². The van der Waals surface area contributed by atoms with Gasteiger partial charge < -0.3 is 10.6 Å². The van der Waals surface area contributed by atoms with Gasteiger partial charge >= 0.3 is 0 Å². The maximum absolute atomic E-state index is 5.68. The lowest BCUT2D eigenvalue weighted by Crippen LogP contribution is -2.19. The maximum atomic E-state index is 5.68. The number of rotatable bonds is 4. The van der Waals surface area contributed by atoms with Crippen molar-refractivity contribution in [1.82, 2.24) is 9.97 Å². The summed E-state index contributed by atoms with van der Waals surface area (Å²) in [7, 11) is 2.04. The minimum atomic E-state index is 0.505. The van der Waals surface area contributed by atoms with Crippen LogP contribution in [0.5, 0.6) is 0 Å². The number of thiazole rings is 1. The third-order valence-corrected chi connectivity index (χ3v) is 3.03. The van der Waals surface area contributed by atoms with Gasteiger partial charge in [0.15, 0.2) is 0 Å². The quantitative estimate of drug-likeness (QED) is 0.873. The third-order valence-electron chi connectivity index (χ3n) is 2.39. The Kier molecular flexibility index (Phi) is 3.48. The fourth-order valence-corrected chi connectivity index (χ4v) is 2.14. The lowest BCUT2D eigenvalue weighted by molar-refractivity contribution is 0.876. The second-order valence-corrected chi connectivity index (χ2v) is 4.26. The van der Waals surface area contributed by atoms with Gasteiger partial charge in [-0.15, -0.1) is 11.3 Å². The summed E-state index contributed by atoms with van der Waals surface area (Å²) < 4.78 is 0. The van der Waals surface area contributed by atoms with E-state index in [1.165, 1.54) is 0 Å². The van der Waals surface area contributed by atoms with Gasteiger partial charge in [0.1, 0.15) is 0 Å². The van der Waals surface area contributed by atoms with Gasteiger partial charge in [-0.1, -0.05) is 0 Å². The summed E-state index contributed by atoms with van der Waals surface area (Å²) in [6.45, 7) is 1.30. The highest BCUT2D eigenvalue weighted by Gasteiger charge is 2.07. The zero-order valence-corrected chi connectivity index (χ0v) is 9.94. The minimum absolute atomic E-state index is 0.505. The second kappa shape index (κ2) is 5.05. The Morgan fingerprint density at radius 1 is 1.50 bits per heavy atom. The van der Waals surface area contributed by atoms with Crippen molar-refractivity contribution in [3.63, 3.8) is 0 Å². The van der Waals surface area contributed by atoms with Crippen molar-refractivity contribution in [2.75, 3.05) is 11.9 Å². The van der Waals surface area contributed by atoms with Crippen molar-refractivity contribution >= 4 is 17.0 Å². The molecule has 2 N–H and O–H groups in total. The summed E-state index contributed by atoms with van der Waals surface area (Å²) >= 11 is 1.61. The van der Waals surface area contributed by atoms with Gasteiger partial charge in [-0.05, 0) is 6.07 Å². The van der Waals surface area contributed by atoms with Crippen LogP contribution in [0.2, 0.25) is 0 Å². The predicted molar refractivity (Wildman–Crippen MR) is 66.3 cm³/mol. The van der Waals surface area contributed by atoms with Gasteiger partial charge in [0.05, 0.1) is 17.7 Å². The number of nitrogens with zero attached hydrogens (tertiary/aromatic N) is 3. The number of aromatic nitrogens is 2. The largest absolute Gasteiger partial charge is 0.368 e. The second-order valence-electron chi connectivity index (χ2n) is 3.54. The van der Waals surface area contributed by atoms with Crippen molar-refractivity contribution in [1.29, 1.82) is 0 Å². The van der Waals surface area contributed by atoms with E-state index in [9.17, 15) is 0 Å². The number of anilines is 1. The van der Waals surface area contributed by atoms with Crippen LogP contribution >= 0.6 is 11.3 Å². The van der Waals surface area contributed by atoms with Gasteiger partial charge in [-0.2, -0.15) is 0 Å². The summed E-state index contributed by atoms with van der Waals surface area (Å²) in [6, 6.07) is 1.98. The Labute approximate surface area is 98.8 Å². The van der Waals surface area contributed by atoms with Crippen LogP contribution in [0.4, 0.5) is 5.69 Å². The number of pyridine rings is 1. The molecule has 0 unspecified atom stereocenters. The maximum Gasteiger partial charge on any atom is 0.0795 e. The molecule has 4 nitrogen and oxygen atoms in total. The normalized spacial score (nSPS) is 10.4. The van der Waals surface area contributed by atoms with Crippen LogP contribution in [0.3, 0.4) is 0 Å². The highest BCUT2D eigenvalue weighted by Crippen LogP contribution is 2.19. The molecule has 2 aromatic heterocycles. The summed E-state index contributed by atoms with van der Waals surface area (Å²) in [6.07, 6.45) is 3.60. The van der Waals surface area contributed by atoms with E-state index in [1.807, 2.05) is 24.8 Å². The molecule has 16 heavy (non-hydrogen) atoms. The standard InChI is InChI=1S/C11H14N4S/c1-15(6-10-7-16-8-14-10)11-2-3-13-5-9(11)4-12/h2-3,5,7-8H,4,6,12H2,1H3. The molecule has 2 aromatic rings. The van der Waals surface area contributed by atoms with Gasteiger partial charge in [-0.25, -0.2) is 4.98 Å². The molecule has 0 bridgehead atoms. The molecule has 0 aliphatic heterocycles. The van der Waals surface area contributed by atoms with Crippen molar-refractivity contribution in [3.05, 3.63) is 40.6 Å². The monoisotopic (exact) mass is 234 g/mol. The SMILES string of the molecule is CN(Cc1cscn1)c1ccncc1CN. The van der Waals surface area contributed by atoms with Gasteiger partial charge in [-0.3, -0.25) is 4.98 Å². The van der Waals surface area contributed by atoms with Crippen LogP contribution in [-0.2, 0) is 13.1 Å². The highest BCUT2D eigenvalue weighted by molar-refractivity contribution is 7.07. The molecule has 5 heteroatoms. The summed E-state index contributed by atoms with van der Waals surface area (Å²) in [5.41, 5.74) is 10.8. The van der Waals surface area contributed by atoms with E-state index >= 15 is 0 Å².